The number of hydrogen-bond donors (Lipinski definition) is 1. The van der Waals surface area contributed by atoms with Crippen molar-refractivity contribution in [3.05, 3.63) is 11.4 Å². The number of carbonyl (C=O) groups is 2. The third-order valence-electron chi connectivity index (χ3n) is 2.84. The number of primary amides is 1. The molecule has 0 saturated heterocycles. The van der Waals surface area contributed by atoms with Crippen LogP contribution in [-0.4, -0.2) is 33.5 Å². The van der Waals surface area contributed by atoms with Crippen molar-refractivity contribution in [1.29, 1.82) is 0 Å². The lowest BCUT2D eigenvalue weighted by molar-refractivity contribution is -0.121. The van der Waals surface area contributed by atoms with Crippen LogP contribution in [0, 0.1) is 11.8 Å². The van der Waals surface area contributed by atoms with E-state index in [0.717, 1.165) is 0 Å². The van der Waals surface area contributed by atoms with Gasteiger partial charge in [0.15, 0.2) is 5.69 Å². The first-order chi connectivity index (χ1) is 9.36. The minimum absolute atomic E-state index is 0.220. The first-order valence-electron chi connectivity index (χ1n) is 6.75. The minimum Gasteiger partial charge on any atom is -0.461 e. The van der Waals surface area contributed by atoms with Gasteiger partial charge in [0.1, 0.15) is 0 Å². The maximum absolute atomic E-state index is 11.9. The Bertz CT molecular complexity index is 482. The highest BCUT2D eigenvalue weighted by Gasteiger charge is 2.23. The lowest BCUT2D eigenvalue weighted by atomic mass is 10.1. The van der Waals surface area contributed by atoms with E-state index in [9.17, 15) is 9.59 Å². The monoisotopic (exact) mass is 282 g/mol. The largest absolute Gasteiger partial charge is 0.461 e. The molecule has 0 radical (unpaired) electrons. The van der Waals surface area contributed by atoms with Gasteiger partial charge in [-0.1, -0.05) is 26.0 Å². The molecular formula is C13H22N4O3. The van der Waals surface area contributed by atoms with Crippen LogP contribution < -0.4 is 5.73 Å². The summed E-state index contributed by atoms with van der Waals surface area (Å²) >= 11 is 0. The summed E-state index contributed by atoms with van der Waals surface area (Å²) in [6.07, 6.45) is 0.632. The SMILES string of the molecule is CCOC(=O)c1nnn(CC(C)C(N)=O)c1CC(C)C. The molecule has 1 heterocycles. The first-order valence-corrected chi connectivity index (χ1v) is 6.75. The van der Waals surface area contributed by atoms with Gasteiger partial charge in [-0.2, -0.15) is 0 Å². The molecule has 1 rings (SSSR count). The molecule has 0 aliphatic carbocycles. The molecule has 1 atom stereocenters. The van der Waals surface area contributed by atoms with Crippen LogP contribution in [0.3, 0.4) is 0 Å². The Kier molecular flexibility index (Phi) is 5.66. The number of aromatic nitrogens is 3. The molecule has 0 aliphatic heterocycles. The molecule has 7 nitrogen and oxygen atoms in total. The summed E-state index contributed by atoms with van der Waals surface area (Å²) in [5, 5.41) is 7.84. The van der Waals surface area contributed by atoms with Gasteiger partial charge in [-0.3, -0.25) is 4.79 Å². The topological polar surface area (TPSA) is 100 Å². The van der Waals surface area contributed by atoms with Crippen LogP contribution in [0.4, 0.5) is 0 Å². The molecule has 0 aliphatic rings. The van der Waals surface area contributed by atoms with Gasteiger partial charge in [-0.25, -0.2) is 9.48 Å². The van der Waals surface area contributed by atoms with Crippen molar-refractivity contribution < 1.29 is 14.3 Å². The van der Waals surface area contributed by atoms with Crippen LogP contribution in [0.2, 0.25) is 0 Å². The fourth-order valence-electron chi connectivity index (χ4n) is 1.78. The number of hydrogen-bond acceptors (Lipinski definition) is 5. The van der Waals surface area contributed by atoms with E-state index in [1.807, 2.05) is 13.8 Å². The summed E-state index contributed by atoms with van der Waals surface area (Å²) in [4.78, 5) is 23.0. The zero-order valence-electron chi connectivity index (χ0n) is 12.4. The number of nitrogens with zero attached hydrogens (tertiary/aromatic N) is 3. The van der Waals surface area contributed by atoms with Gasteiger partial charge in [0, 0.05) is 0 Å². The van der Waals surface area contributed by atoms with E-state index in [0.29, 0.717) is 24.6 Å². The van der Waals surface area contributed by atoms with Crippen molar-refractivity contribution in [3.8, 4) is 0 Å². The number of carbonyl (C=O) groups excluding carboxylic acids is 2. The van der Waals surface area contributed by atoms with E-state index < -0.39 is 11.9 Å². The van der Waals surface area contributed by atoms with Crippen LogP contribution in [0.1, 0.15) is 43.9 Å². The van der Waals surface area contributed by atoms with Gasteiger partial charge in [0.25, 0.3) is 0 Å². The molecule has 7 heteroatoms. The van der Waals surface area contributed by atoms with Crippen molar-refractivity contribution in [2.24, 2.45) is 17.6 Å². The molecule has 0 fully saturated rings. The molecule has 1 amide bonds. The smallest absolute Gasteiger partial charge is 0.360 e. The fraction of sp³-hybridized carbons (Fsp3) is 0.692. The van der Waals surface area contributed by atoms with Gasteiger partial charge >= 0.3 is 5.97 Å². The Labute approximate surface area is 118 Å². The van der Waals surface area contributed by atoms with E-state index in [1.165, 1.54) is 0 Å². The number of amides is 1. The first kappa shape index (κ1) is 16.1. The summed E-state index contributed by atoms with van der Waals surface area (Å²) in [5.74, 6) is -0.947. The average Bonchev–Trinajstić information content (AvgIpc) is 2.72. The maximum Gasteiger partial charge on any atom is 0.360 e. The minimum atomic E-state index is -0.485. The van der Waals surface area contributed by atoms with E-state index in [-0.39, 0.29) is 18.2 Å². The highest BCUT2D eigenvalue weighted by Crippen LogP contribution is 2.14. The predicted molar refractivity (Wildman–Crippen MR) is 72.9 cm³/mol. The number of rotatable bonds is 7. The average molecular weight is 282 g/mol. The van der Waals surface area contributed by atoms with E-state index >= 15 is 0 Å². The number of nitrogens with two attached hydrogens (primary N) is 1. The summed E-state index contributed by atoms with van der Waals surface area (Å²) < 4.78 is 6.54. The zero-order chi connectivity index (χ0) is 15.3. The Morgan fingerprint density at radius 2 is 2.00 bits per heavy atom. The third-order valence-corrected chi connectivity index (χ3v) is 2.84. The van der Waals surface area contributed by atoms with E-state index in [2.05, 4.69) is 10.3 Å². The Balaban J connectivity index is 3.05. The van der Waals surface area contributed by atoms with Crippen LogP contribution in [0.15, 0.2) is 0 Å². The Morgan fingerprint density at radius 3 is 2.50 bits per heavy atom. The molecule has 1 unspecified atom stereocenters. The van der Waals surface area contributed by atoms with Crippen LogP contribution in [-0.2, 0) is 22.5 Å². The third kappa shape index (κ3) is 4.04. The summed E-state index contributed by atoms with van der Waals surface area (Å²) in [7, 11) is 0. The van der Waals surface area contributed by atoms with Gasteiger partial charge < -0.3 is 10.5 Å². The molecule has 112 valence electrons. The number of esters is 1. The molecule has 0 spiro atoms. The molecule has 1 aromatic rings. The molecule has 2 N–H and O–H groups in total. The van der Waals surface area contributed by atoms with Crippen molar-refractivity contribution in [2.75, 3.05) is 6.61 Å². The van der Waals surface area contributed by atoms with Gasteiger partial charge in [-0.05, 0) is 19.3 Å². The molecular weight excluding hydrogens is 260 g/mol. The second kappa shape index (κ2) is 7.02. The predicted octanol–water partition coefficient (Wildman–Crippen LogP) is 0.775. The fourth-order valence-corrected chi connectivity index (χ4v) is 1.78. The molecule has 20 heavy (non-hydrogen) atoms. The number of ether oxygens (including phenoxy) is 1. The maximum atomic E-state index is 11.9. The highest BCUT2D eigenvalue weighted by molar-refractivity contribution is 5.88. The normalized spacial score (nSPS) is 12.4. The Morgan fingerprint density at radius 1 is 1.35 bits per heavy atom. The van der Waals surface area contributed by atoms with Gasteiger partial charge in [0.2, 0.25) is 5.91 Å². The molecule has 1 aromatic heterocycles. The van der Waals surface area contributed by atoms with Crippen LogP contribution >= 0.6 is 0 Å². The van der Waals surface area contributed by atoms with Gasteiger partial charge in [0.05, 0.1) is 24.8 Å². The van der Waals surface area contributed by atoms with E-state index in [4.69, 9.17) is 10.5 Å². The van der Waals surface area contributed by atoms with Crippen molar-refractivity contribution in [2.45, 2.75) is 40.7 Å². The second-order valence-electron chi connectivity index (χ2n) is 5.19. The molecule has 0 bridgehead atoms. The summed E-state index contributed by atoms with van der Waals surface area (Å²) in [5.41, 5.74) is 6.16. The standard InChI is InChI=1S/C13H22N4O3/c1-5-20-13(19)11-10(6-8(2)3)17(16-15-11)7-9(4)12(14)18/h8-9H,5-7H2,1-4H3,(H2,14,18). The molecule has 0 saturated carbocycles. The lowest BCUT2D eigenvalue weighted by Crippen LogP contribution is -2.26. The summed E-state index contributed by atoms with van der Waals surface area (Å²) in [6, 6.07) is 0. The van der Waals surface area contributed by atoms with Crippen molar-refractivity contribution in [1.82, 2.24) is 15.0 Å². The van der Waals surface area contributed by atoms with E-state index in [1.54, 1.807) is 18.5 Å². The van der Waals surface area contributed by atoms with Crippen LogP contribution in [0.5, 0.6) is 0 Å². The Hall–Kier alpha value is -1.92. The highest BCUT2D eigenvalue weighted by atomic mass is 16.5. The van der Waals surface area contributed by atoms with Crippen molar-refractivity contribution >= 4 is 11.9 Å². The lowest BCUT2D eigenvalue weighted by Gasteiger charge is -2.12. The zero-order valence-corrected chi connectivity index (χ0v) is 12.4. The summed E-state index contributed by atoms with van der Waals surface area (Å²) in [6.45, 7) is 8.11. The van der Waals surface area contributed by atoms with Gasteiger partial charge in [-0.15, -0.1) is 5.10 Å². The molecule has 0 aromatic carbocycles. The van der Waals surface area contributed by atoms with Crippen LogP contribution in [0.25, 0.3) is 0 Å². The van der Waals surface area contributed by atoms with Crippen molar-refractivity contribution in [3.63, 3.8) is 0 Å². The second-order valence-corrected chi connectivity index (χ2v) is 5.19. The quantitative estimate of drug-likeness (QED) is 0.745.